The zero-order valence-electron chi connectivity index (χ0n) is 18.0. The molecule has 0 spiro atoms. The van der Waals surface area contributed by atoms with Crippen molar-refractivity contribution >= 4 is 45.7 Å². The molecule has 1 heterocycles. The lowest BCUT2D eigenvalue weighted by Gasteiger charge is -2.12. The molecule has 0 bridgehead atoms. The van der Waals surface area contributed by atoms with E-state index in [0.717, 1.165) is 30.4 Å². The summed E-state index contributed by atoms with van der Waals surface area (Å²) in [6.45, 7) is 0. The highest BCUT2D eigenvalue weighted by atomic mass is 35.5. The molecule has 1 aliphatic rings. The van der Waals surface area contributed by atoms with Crippen LogP contribution in [0.5, 0.6) is 17.2 Å². The van der Waals surface area contributed by atoms with E-state index in [-0.39, 0.29) is 5.91 Å². The van der Waals surface area contributed by atoms with Gasteiger partial charge in [0.2, 0.25) is 0 Å². The van der Waals surface area contributed by atoms with E-state index in [4.69, 9.17) is 25.8 Å². The smallest absolute Gasteiger partial charge is 0.259 e. The minimum Gasteiger partial charge on any atom is -0.496 e. The predicted octanol–water partition coefficient (Wildman–Crippen LogP) is 5.92. The van der Waals surface area contributed by atoms with Crippen molar-refractivity contribution in [1.29, 1.82) is 0 Å². The molecule has 1 aromatic heterocycles. The Morgan fingerprint density at radius 3 is 2.53 bits per heavy atom. The van der Waals surface area contributed by atoms with E-state index in [9.17, 15) is 4.79 Å². The number of thiophene rings is 1. The molecule has 0 saturated heterocycles. The van der Waals surface area contributed by atoms with Crippen LogP contribution in [0, 0.1) is 0 Å². The number of nitrogens with one attached hydrogen (secondary N) is 1. The first-order valence-electron chi connectivity index (χ1n) is 10.1. The normalized spacial score (nSPS) is 12.6. The highest BCUT2D eigenvalue weighted by molar-refractivity contribution is 7.16. The number of rotatable bonds is 7. The summed E-state index contributed by atoms with van der Waals surface area (Å²) in [5.41, 5.74) is 3.08. The first-order chi connectivity index (χ1) is 15.5. The lowest BCUT2D eigenvalue weighted by molar-refractivity contribution is 0.102. The van der Waals surface area contributed by atoms with Gasteiger partial charge in [0.05, 0.1) is 26.9 Å². The lowest BCUT2D eigenvalue weighted by atomic mass is 10.1. The number of amides is 1. The van der Waals surface area contributed by atoms with Crippen molar-refractivity contribution in [3.8, 4) is 17.2 Å². The molecule has 32 heavy (non-hydrogen) atoms. The first-order valence-corrected chi connectivity index (χ1v) is 11.3. The zero-order valence-corrected chi connectivity index (χ0v) is 19.6. The summed E-state index contributed by atoms with van der Waals surface area (Å²) < 4.78 is 16.2. The van der Waals surface area contributed by atoms with Gasteiger partial charge >= 0.3 is 0 Å². The molecule has 6 nitrogen and oxygen atoms in total. The number of ether oxygens (including phenoxy) is 3. The van der Waals surface area contributed by atoms with Crippen molar-refractivity contribution in [3.05, 3.63) is 63.0 Å². The minimum absolute atomic E-state index is 0.182. The van der Waals surface area contributed by atoms with E-state index in [1.165, 1.54) is 4.88 Å². The van der Waals surface area contributed by atoms with E-state index in [1.807, 2.05) is 6.07 Å². The Morgan fingerprint density at radius 1 is 1.06 bits per heavy atom. The molecule has 4 rings (SSSR count). The lowest BCUT2D eigenvalue weighted by Crippen LogP contribution is -2.13. The fourth-order valence-corrected chi connectivity index (χ4v) is 5.18. The van der Waals surface area contributed by atoms with Crippen molar-refractivity contribution in [1.82, 2.24) is 0 Å². The van der Waals surface area contributed by atoms with E-state index < -0.39 is 0 Å². The SMILES string of the molecule is COc1cc(OC)c(OC)cc1/C=N/c1sc2c(c1C(=O)Nc1cccc(Cl)c1)CCC2. The average molecular weight is 471 g/mol. The standard InChI is InChI=1S/C24H23ClN2O4S/c1-29-18-12-20(31-3)19(30-2)10-14(18)13-26-24-22(17-8-5-9-21(17)32-24)23(28)27-16-7-4-6-15(25)11-16/h4,6-7,10-13H,5,8-9H2,1-3H3,(H,27,28)/b26-13+. The summed E-state index contributed by atoms with van der Waals surface area (Å²) in [7, 11) is 4.73. The Labute approximate surface area is 195 Å². The number of methoxy groups -OCH3 is 3. The fraction of sp³-hybridized carbons (Fsp3) is 0.250. The number of carbonyl (C=O) groups is 1. The maximum absolute atomic E-state index is 13.2. The molecule has 0 radical (unpaired) electrons. The van der Waals surface area contributed by atoms with Gasteiger partial charge in [-0.25, -0.2) is 4.99 Å². The predicted molar refractivity (Wildman–Crippen MR) is 129 cm³/mol. The Bertz CT molecular complexity index is 1190. The van der Waals surface area contributed by atoms with Gasteiger partial charge in [-0.05, 0) is 49.1 Å². The number of benzene rings is 2. The third kappa shape index (κ3) is 4.45. The highest BCUT2D eigenvalue weighted by Crippen LogP contribution is 2.41. The van der Waals surface area contributed by atoms with Gasteiger partial charge < -0.3 is 19.5 Å². The van der Waals surface area contributed by atoms with Crippen LogP contribution in [-0.4, -0.2) is 33.5 Å². The van der Waals surface area contributed by atoms with Crippen molar-refractivity contribution in [2.24, 2.45) is 4.99 Å². The van der Waals surface area contributed by atoms with Crippen LogP contribution >= 0.6 is 22.9 Å². The van der Waals surface area contributed by atoms with Gasteiger partial charge in [-0.3, -0.25) is 4.79 Å². The van der Waals surface area contributed by atoms with E-state index in [1.54, 1.807) is 69.2 Å². The van der Waals surface area contributed by atoms with Crippen LogP contribution in [0.1, 0.15) is 32.8 Å². The number of anilines is 1. The molecule has 3 aromatic rings. The van der Waals surface area contributed by atoms with Gasteiger partial charge in [0.15, 0.2) is 11.5 Å². The molecule has 1 aliphatic carbocycles. The molecule has 8 heteroatoms. The van der Waals surface area contributed by atoms with Gasteiger partial charge in [-0.15, -0.1) is 11.3 Å². The largest absolute Gasteiger partial charge is 0.496 e. The molecule has 166 valence electrons. The van der Waals surface area contributed by atoms with E-state index in [2.05, 4.69) is 10.3 Å². The molecule has 2 aromatic carbocycles. The summed E-state index contributed by atoms with van der Waals surface area (Å²) in [6, 6.07) is 10.7. The van der Waals surface area contributed by atoms with Crippen molar-refractivity contribution in [3.63, 3.8) is 0 Å². The van der Waals surface area contributed by atoms with Gasteiger partial charge in [0.1, 0.15) is 10.8 Å². The molecule has 1 N–H and O–H groups in total. The number of fused-ring (bicyclic) bond motifs is 1. The summed E-state index contributed by atoms with van der Waals surface area (Å²) in [6.07, 6.45) is 4.58. The van der Waals surface area contributed by atoms with Crippen LogP contribution in [0.3, 0.4) is 0 Å². The van der Waals surface area contributed by atoms with E-state index >= 15 is 0 Å². The average Bonchev–Trinajstić information content (AvgIpc) is 3.37. The van der Waals surface area contributed by atoms with Crippen LogP contribution < -0.4 is 19.5 Å². The van der Waals surface area contributed by atoms with Crippen LogP contribution in [0.4, 0.5) is 10.7 Å². The second-order valence-electron chi connectivity index (χ2n) is 7.21. The van der Waals surface area contributed by atoms with Gasteiger partial charge in [-0.1, -0.05) is 17.7 Å². The maximum atomic E-state index is 13.2. The number of aryl methyl sites for hydroxylation is 1. The molecular weight excluding hydrogens is 448 g/mol. The Kier molecular flexibility index (Phi) is 6.67. The minimum atomic E-state index is -0.182. The number of hydrogen-bond acceptors (Lipinski definition) is 6. The van der Waals surface area contributed by atoms with Crippen LogP contribution in [0.15, 0.2) is 41.4 Å². The molecule has 1 amide bonds. The van der Waals surface area contributed by atoms with Crippen LogP contribution in [0.2, 0.25) is 5.02 Å². The molecule has 0 unspecified atom stereocenters. The second kappa shape index (κ2) is 9.63. The van der Waals surface area contributed by atoms with Gasteiger partial charge in [-0.2, -0.15) is 0 Å². The highest BCUT2D eigenvalue weighted by Gasteiger charge is 2.26. The number of hydrogen-bond donors (Lipinski definition) is 1. The number of aliphatic imine (C=N–C) groups is 1. The van der Waals surface area contributed by atoms with Crippen LogP contribution in [0.25, 0.3) is 0 Å². The van der Waals surface area contributed by atoms with Gasteiger partial charge in [0.25, 0.3) is 5.91 Å². The van der Waals surface area contributed by atoms with Crippen LogP contribution in [-0.2, 0) is 12.8 Å². The monoisotopic (exact) mass is 470 g/mol. The fourth-order valence-electron chi connectivity index (χ4n) is 3.76. The quantitative estimate of drug-likeness (QED) is 0.435. The van der Waals surface area contributed by atoms with Crippen molar-refractivity contribution < 1.29 is 19.0 Å². The van der Waals surface area contributed by atoms with E-state index in [0.29, 0.717) is 38.5 Å². The summed E-state index contributed by atoms with van der Waals surface area (Å²) >= 11 is 7.63. The van der Waals surface area contributed by atoms with Crippen molar-refractivity contribution in [2.75, 3.05) is 26.6 Å². The second-order valence-corrected chi connectivity index (χ2v) is 8.73. The third-order valence-electron chi connectivity index (χ3n) is 5.27. The zero-order chi connectivity index (χ0) is 22.7. The Balaban J connectivity index is 1.69. The maximum Gasteiger partial charge on any atom is 0.259 e. The molecule has 0 fully saturated rings. The van der Waals surface area contributed by atoms with Gasteiger partial charge in [0, 0.05) is 33.4 Å². The molecule has 0 aliphatic heterocycles. The number of carbonyl (C=O) groups excluding carboxylic acids is 1. The summed E-state index contributed by atoms with van der Waals surface area (Å²) in [5.74, 6) is 1.55. The Hall–Kier alpha value is -3.03. The summed E-state index contributed by atoms with van der Waals surface area (Å²) in [5, 5.41) is 4.20. The Morgan fingerprint density at radius 2 is 1.81 bits per heavy atom. The van der Waals surface area contributed by atoms with Crippen molar-refractivity contribution in [2.45, 2.75) is 19.3 Å². The number of nitrogens with zero attached hydrogens (tertiary/aromatic N) is 1. The third-order valence-corrected chi connectivity index (χ3v) is 6.70. The molecular formula is C24H23ClN2O4S. The first kappa shape index (κ1) is 22.2. The topological polar surface area (TPSA) is 69.1 Å². The molecule has 0 atom stereocenters. The molecule has 0 saturated carbocycles. The number of halogens is 1. The summed E-state index contributed by atoms with van der Waals surface area (Å²) in [4.78, 5) is 19.1.